The van der Waals surface area contributed by atoms with Crippen LogP contribution in [0, 0.1) is 17.8 Å². The molecule has 3 fully saturated rings. The average Bonchev–Trinajstić information content (AvgIpc) is 2.92. The van der Waals surface area contributed by atoms with Gasteiger partial charge in [-0.15, -0.1) is 0 Å². The van der Waals surface area contributed by atoms with E-state index in [0.29, 0.717) is 18.6 Å². The number of hydrogen-bond donors (Lipinski definition) is 2. The van der Waals surface area contributed by atoms with Gasteiger partial charge in [0.2, 0.25) is 0 Å². The van der Waals surface area contributed by atoms with Gasteiger partial charge in [-0.05, 0) is 49.9 Å². The lowest BCUT2D eigenvalue weighted by Crippen LogP contribution is -2.47. The van der Waals surface area contributed by atoms with Crippen LogP contribution in [-0.4, -0.2) is 23.8 Å². The van der Waals surface area contributed by atoms with E-state index >= 15 is 0 Å². The highest BCUT2D eigenvalue weighted by Gasteiger charge is 2.41. The maximum absolute atomic E-state index is 9.43. The summed E-state index contributed by atoms with van der Waals surface area (Å²) in [5.41, 5.74) is 0. The molecular weight excluding hydrogens is 198 g/mol. The van der Waals surface area contributed by atoms with Crippen molar-refractivity contribution in [3.8, 4) is 0 Å². The summed E-state index contributed by atoms with van der Waals surface area (Å²) in [4.78, 5) is 0. The molecule has 0 radical (unpaired) electrons. The number of fused-ring (bicyclic) bond motifs is 2. The van der Waals surface area contributed by atoms with Crippen LogP contribution in [0.25, 0.3) is 0 Å². The fraction of sp³-hybridized carbons (Fsp3) is 1.00. The van der Waals surface area contributed by atoms with Gasteiger partial charge >= 0.3 is 0 Å². The van der Waals surface area contributed by atoms with Crippen molar-refractivity contribution in [1.82, 2.24) is 5.32 Å². The second-order valence-corrected chi connectivity index (χ2v) is 6.28. The Bertz CT molecular complexity index is 243. The number of nitrogens with one attached hydrogen (secondary N) is 1. The van der Waals surface area contributed by atoms with E-state index in [9.17, 15) is 5.11 Å². The molecule has 2 nitrogen and oxygen atoms in total. The Morgan fingerprint density at radius 2 is 1.81 bits per heavy atom. The lowest BCUT2D eigenvalue weighted by molar-refractivity contribution is 0.138. The SMILES string of the molecule is OCC1CCCCC1NC1CC2CCC1C2. The van der Waals surface area contributed by atoms with E-state index in [2.05, 4.69) is 5.32 Å². The predicted octanol–water partition coefficient (Wildman–Crippen LogP) is 2.32. The van der Waals surface area contributed by atoms with Crippen LogP contribution >= 0.6 is 0 Å². The fourth-order valence-corrected chi connectivity index (χ4v) is 4.37. The quantitative estimate of drug-likeness (QED) is 0.769. The first-order chi connectivity index (χ1) is 7.86. The molecule has 2 heteroatoms. The van der Waals surface area contributed by atoms with Crippen molar-refractivity contribution in [3.05, 3.63) is 0 Å². The van der Waals surface area contributed by atoms with Crippen LogP contribution < -0.4 is 5.32 Å². The molecule has 5 unspecified atom stereocenters. The molecule has 5 atom stereocenters. The second-order valence-electron chi connectivity index (χ2n) is 6.28. The minimum Gasteiger partial charge on any atom is -0.396 e. The van der Waals surface area contributed by atoms with Crippen LogP contribution in [0.15, 0.2) is 0 Å². The highest BCUT2D eigenvalue weighted by Crippen LogP contribution is 2.45. The van der Waals surface area contributed by atoms with Gasteiger partial charge in [-0.3, -0.25) is 0 Å². The van der Waals surface area contributed by atoms with Crippen LogP contribution in [0.4, 0.5) is 0 Å². The molecule has 3 rings (SSSR count). The normalized spacial score (nSPS) is 47.4. The predicted molar refractivity (Wildman–Crippen MR) is 65.2 cm³/mol. The Balaban J connectivity index is 1.56. The van der Waals surface area contributed by atoms with Crippen LogP contribution in [0.5, 0.6) is 0 Å². The first kappa shape index (κ1) is 11.0. The highest BCUT2D eigenvalue weighted by molar-refractivity contribution is 4.96. The van der Waals surface area contributed by atoms with Gasteiger partial charge in [0.15, 0.2) is 0 Å². The van der Waals surface area contributed by atoms with E-state index < -0.39 is 0 Å². The van der Waals surface area contributed by atoms with E-state index in [4.69, 9.17) is 0 Å². The van der Waals surface area contributed by atoms with Gasteiger partial charge < -0.3 is 10.4 Å². The molecule has 16 heavy (non-hydrogen) atoms. The van der Waals surface area contributed by atoms with E-state index in [0.717, 1.165) is 17.9 Å². The summed E-state index contributed by atoms with van der Waals surface area (Å²) < 4.78 is 0. The Morgan fingerprint density at radius 3 is 2.50 bits per heavy atom. The summed E-state index contributed by atoms with van der Waals surface area (Å²) >= 11 is 0. The Labute approximate surface area is 98.8 Å². The smallest absolute Gasteiger partial charge is 0.0474 e. The Kier molecular flexibility index (Phi) is 3.21. The number of aliphatic hydroxyl groups is 1. The van der Waals surface area contributed by atoms with Crippen LogP contribution in [-0.2, 0) is 0 Å². The van der Waals surface area contributed by atoms with Crippen molar-refractivity contribution in [2.45, 2.75) is 63.5 Å². The zero-order valence-electron chi connectivity index (χ0n) is 10.2. The molecule has 92 valence electrons. The monoisotopic (exact) mass is 223 g/mol. The van der Waals surface area contributed by atoms with Gasteiger partial charge in [-0.1, -0.05) is 19.3 Å². The summed E-state index contributed by atoms with van der Waals surface area (Å²) in [6.07, 6.45) is 11.0. The van der Waals surface area contributed by atoms with Crippen LogP contribution in [0.1, 0.15) is 51.4 Å². The first-order valence-corrected chi connectivity index (χ1v) is 7.23. The van der Waals surface area contributed by atoms with Gasteiger partial charge in [-0.25, -0.2) is 0 Å². The molecule has 2 N–H and O–H groups in total. The number of rotatable bonds is 3. The molecule has 0 aromatic rings. The highest BCUT2D eigenvalue weighted by atomic mass is 16.3. The molecule has 0 aromatic heterocycles. The third-order valence-corrected chi connectivity index (χ3v) is 5.31. The van der Waals surface area contributed by atoms with E-state index in [-0.39, 0.29) is 0 Å². The molecular formula is C14H25NO. The molecule has 0 amide bonds. The van der Waals surface area contributed by atoms with E-state index in [1.165, 1.54) is 51.4 Å². The largest absolute Gasteiger partial charge is 0.396 e. The van der Waals surface area contributed by atoms with Gasteiger partial charge in [0.05, 0.1) is 0 Å². The minimum absolute atomic E-state index is 0.387. The summed E-state index contributed by atoms with van der Waals surface area (Å²) in [6.45, 7) is 0.387. The molecule has 3 saturated carbocycles. The zero-order valence-corrected chi connectivity index (χ0v) is 10.2. The van der Waals surface area contributed by atoms with E-state index in [1.54, 1.807) is 0 Å². The maximum atomic E-state index is 9.43. The molecule has 0 heterocycles. The summed E-state index contributed by atoms with van der Waals surface area (Å²) in [7, 11) is 0. The minimum atomic E-state index is 0.387. The fourth-order valence-electron chi connectivity index (χ4n) is 4.37. The third-order valence-electron chi connectivity index (χ3n) is 5.31. The maximum Gasteiger partial charge on any atom is 0.0474 e. The van der Waals surface area contributed by atoms with Gasteiger partial charge in [0.25, 0.3) is 0 Å². The van der Waals surface area contributed by atoms with Crippen molar-refractivity contribution in [1.29, 1.82) is 0 Å². The standard InChI is InChI=1S/C14H25NO/c16-9-12-3-1-2-4-13(12)15-14-8-10-5-6-11(14)7-10/h10-16H,1-9H2. The van der Waals surface area contributed by atoms with E-state index in [1.807, 2.05) is 0 Å². The second kappa shape index (κ2) is 4.66. The summed E-state index contributed by atoms with van der Waals surface area (Å²) in [5, 5.41) is 13.3. The van der Waals surface area contributed by atoms with Crippen LogP contribution in [0.3, 0.4) is 0 Å². The molecule has 0 aromatic carbocycles. The Hall–Kier alpha value is -0.0800. The van der Waals surface area contributed by atoms with Crippen molar-refractivity contribution in [3.63, 3.8) is 0 Å². The molecule has 0 aliphatic heterocycles. The molecule has 3 aliphatic carbocycles. The van der Waals surface area contributed by atoms with Crippen molar-refractivity contribution in [2.24, 2.45) is 17.8 Å². The van der Waals surface area contributed by atoms with Crippen LogP contribution in [0.2, 0.25) is 0 Å². The van der Waals surface area contributed by atoms with Gasteiger partial charge in [0, 0.05) is 18.7 Å². The Morgan fingerprint density at radius 1 is 0.938 bits per heavy atom. The van der Waals surface area contributed by atoms with Gasteiger partial charge in [0.1, 0.15) is 0 Å². The molecule has 0 saturated heterocycles. The first-order valence-electron chi connectivity index (χ1n) is 7.23. The molecule has 0 spiro atoms. The zero-order chi connectivity index (χ0) is 11.0. The molecule has 2 bridgehead atoms. The average molecular weight is 223 g/mol. The number of aliphatic hydroxyl groups excluding tert-OH is 1. The summed E-state index contributed by atoms with van der Waals surface area (Å²) in [5.74, 6) is 2.53. The lowest BCUT2D eigenvalue weighted by Gasteiger charge is -2.35. The molecule has 3 aliphatic rings. The topological polar surface area (TPSA) is 32.3 Å². The van der Waals surface area contributed by atoms with Crippen molar-refractivity contribution >= 4 is 0 Å². The third kappa shape index (κ3) is 2.02. The summed E-state index contributed by atoms with van der Waals surface area (Å²) in [6, 6.07) is 1.40. The number of hydrogen-bond acceptors (Lipinski definition) is 2. The lowest BCUT2D eigenvalue weighted by atomic mass is 9.83. The van der Waals surface area contributed by atoms with Crippen molar-refractivity contribution < 1.29 is 5.11 Å². The van der Waals surface area contributed by atoms with Crippen molar-refractivity contribution in [2.75, 3.05) is 6.61 Å². The van der Waals surface area contributed by atoms with Gasteiger partial charge in [-0.2, -0.15) is 0 Å².